The van der Waals surface area contributed by atoms with Crippen molar-refractivity contribution in [1.82, 2.24) is 30.3 Å². The monoisotopic (exact) mass is 1040 g/mol. The molecule has 3 aliphatic rings. The molecule has 402 valence electrons. The van der Waals surface area contributed by atoms with Gasteiger partial charge in [-0.2, -0.15) is 0 Å². The van der Waals surface area contributed by atoms with E-state index in [0.29, 0.717) is 79.5 Å². The van der Waals surface area contributed by atoms with Gasteiger partial charge in [0, 0.05) is 69.7 Å². The first-order chi connectivity index (χ1) is 35.9. The molecule has 2 atom stereocenters. The van der Waals surface area contributed by atoms with Crippen LogP contribution in [0.5, 0.6) is 23.1 Å². The number of ether oxygens (including phenoxy) is 5. The van der Waals surface area contributed by atoms with Crippen molar-refractivity contribution in [2.75, 3.05) is 39.3 Å². The Hall–Kier alpha value is -8.04. The standard InChI is InChI=1S/C53H65N7O15/c1-32(2)50(57-43(61)10-7-6-8-21-60-46(64)15-16-47(60)65)52(70)54-33(3)51(69)55-38-13-11-34(12-14-38)31-75-49(68)20-18-45(63)58-27-35-24-40(71-4)41(25-36(35)28-58)73-22-9-23-74-53-42(72-5)26-37-29-59(30-39(37)56-53)44(62)17-19-48(66)67/h11-16,24-26,32-33,50H,6-10,17-23,27-31H2,1-5H3,(H,54,70)(H,55,69)(H,57,61)(H,66,67)/t33-,50-/m0/s1. The topological polar surface area (TPSA) is 279 Å². The number of carbonyl (C=O) groups is 9. The molecule has 22 nitrogen and oxygen atoms in total. The predicted molar refractivity (Wildman–Crippen MR) is 268 cm³/mol. The molecular weight excluding hydrogens is 975 g/mol. The number of nitrogens with one attached hydrogen (secondary N) is 3. The average molecular weight is 1040 g/mol. The summed E-state index contributed by atoms with van der Waals surface area (Å²) in [6.45, 7) is 7.01. The molecule has 0 spiro atoms. The number of imide groups is 1. The third-order valence-electron chi connectivity index (χ3n) is 12.7. The number of nitrogens with zero attached hydrogens (tertiary/aromatic N) is 4. The Morgan fingerprint density at radius 2 is 1.28 bits per heavy atom. The number of carboxylic acids is 1. The maximum Gasteiger partial charge on any atom is 0.306 e. The number of anilines is 1. The number of carboxylic acid groups (broad SMARTS) is 1. The highest BCUT2D eigenvalue weighted by Gasteiger charge is 2.30. The zero-order chi connectivity index (χ0) is 54.2. The quantitative estimate of drug-likeness (QED) is 0.0453. The Bertz CT molecular complexity index is 2640. The van der Waals surface area contributed by atoms with Crippen LogP contribution in [0.4, 0.5) is 5.69 Å². The zero-order valence-corrected chi connectivity index (χ0v) is 42.9. The van der Waals surface area contributed by atoms with Crippen molar-refractivity contribution in [3.05, 3.63) is 82.6 Å². The number of benzene rings is 2. The number of rotatable bonds is 28. The Labute approximate surface area is 434 Å². The maximum atomic E-state index is 13.2. The molecule has 0 aliphatic carbocycles. The van der Waals surface area contributed by atoms with Crippen LogP contribution >= 0.6 is 0 Å². The molecule has 0 saturated carbocycles. The van der Waals surface area contributed by atoms with Crippen molar-refractivity contribution < 1.29 is 71.9 Å². The van der Waals surface area contributed by atoms with E-state index >= 15 is 0 Å². The molecule has 75 heavy (non-hydrogen) atoms. The summed E-state index contributed by atoms with van der Waals surface area (Å²) in [6.07, 6.45) is 4.22. The largest absolute Gasteiger partial charge is 0.493 e. The molecule has 4 N–H and O–H groups in total. The molecule has 0 fully saturated rings. The van der Waals surface area contributed by atoms with Crippen molar-refractivity contribution in [3.8, 4) is 23.1 Å². The zero-order valence-electron chi connectivity index (χ0n) is 42.9. The minimum absolute atomic E-state index is 0.0574. The van der Waals surface area contributed by atoms with E-state index in [1.807, 2.05) is 12.1 Å². The van der Waals surface area contributed by atoms with Crippen molar-refractivity contribution in [3.63, 3.8) is 0 Å². The van der Waals surface area contributed by atoms with Crippen LogP contribution in [-0.2, 0) is 80.7 Å². The fourth-order valence-corrected chi connectivity index (χ4v) is 8.40. The number of aromatic nitrogens is 1. The Morgan fingerprint density at radius 1 is 0.667 bits per heavy atom. The first-order valence-corrected chi connectivity index (χ1v) is 24.9. The molecule has 6 rings (SSSR count). The third-order valence-corrected chi connectivity index (χ3v) is 12.7. The fraction of sp³-hybridized carbons (Fsp3) is 0.472. The van der Waals surface area contributed by atoms with Crippen molar-refractivity contribution >= 4 is 59.0 Å². The summed E-state index contributed by atoms with van der Waals surface area (Å²) >= 11 is 0. The van der Waals surface area contributed by atoms with Gasteiger partial charge < -0.3 is 54.5 Å². The molecule has 22 heteroatoms. The summed E-state index contributed by atoms with van der Waals surface area (Å²) in [6, 6.07) is 10.2. The van der Waals surface area contributed by atoms with E-state index in [-0.39, 0.29) is 106 Å². The predicted octanol–water partition coefficient (Wildman–Crippen LogP) is 4.09. The van der Waals surface area contributed by atoms with Crippen LogP contribution in [-0.4, -0.2) is 124 Å². The summed E-state index contributed by atoms with van der Waals surface area (Å²) in [5.74, 6) is -2.70. The van der Waals surface area contributed by atoms with Crippen molar-refractivity contribution in [2.45, 2.75) is 123 Å². The van der Waals surface area contributed by atoms with Gasteiger partial charge in [0.15, 0.2) is 17.2 Å². The lowest BCUT2D eigenvalue weighted by atomic mass is 10.0. The number of esters is 1. The van der Waals surface area contributed by atoms with Gasteiger partial charge in [0.05, 0.1) is 52.5 Å². The SMILES string of the molecule is COc1cc2c(cc1OCCCOc1nc3c(cc1OC)CN(C(=O)CCC(=O)O)C3)CN(C(=O)CCC(=O)OCc1ccc(NC(=O)[C@H](C)NC(=O)[C@@H](NC(=O)CCCCCN3C(=O)C=CC3=O)C(C)C)cc1)C2. The summed E-state index contributed by atoms with van der Waals surface area (Å²) in [5, 5.41) is 17.1. The Morgan fingerprint density at radius 3 is 1.93 bits per heavy atom. The number of pyridine rings is 1. The number of hydrogen-bond donors (Lipinski definition) is 4. The van der Waals surface area contributed by atoms with E-state index in [1.165, 1.54) is 33.3 Å². The maximum absolute atomic E-state index is 13.2. The first kappa shape index (κ1) is 56.3. The van der Waals surface area contributed by atoms with Gasteiger partial charge in [-0.05, 0) is 78.3 Å². The molecule has 3 aliphatic heterocycles. The van der Waals surface area contributed by atoms with E-state index < -0.39 is 35.8 Å². The van der Waals surface area contributed by atoms with Crippen LogP contribution in [0.3, 0.4) is 0 Å². The number of fused-ring (bicyclic) bond motifs is 2. The van der Waals surface area contributed by atoms with Gasteiger partial charge in [-0.1, -0.05) is 32.4 Å². The number of hydrogen-bond acceptors (Lipinski definition) is 15. The van der Waals surface area contributed by atoms with E-state index in [1.54, 1.807) is 54.0 Å². The van der Waals surface area contributed by atoms with Crippen molar-refractivity contribution in [2.24, 2.45) is 5.92 Å². The van der Waals surface area contributed by atoms with Crippen LogP contribution in [0.2, 0.25) is 0 Å². The molecule has 0 unspecified atom stereocenters. The molecule has 3 aromatic rings. The second kappa shape index (κ2) is 26.8. The summed E-state index contributed by atoms with van der Waals surface area (Å²) < 4.78 is 28.5. The molecule has 0 radical (unpaired) electrons. The highest BCUT2D eigenvalue weighted by molar-refractivity contribution is 6.12. The van der Waals surface area contributed by atoms with E-state index in [2.05, 4.69) is 20.9 Å². The number of methoxy groups -OCH3 is 2. The fourth-order valence-electron chi connectivity index (χ4n) is 8.40. The first-order valence-electron chi connectivity index (χ1n) is 24.9. The lowest BCUT2D eigenvalue weighted by Crippen LogP contribution is -2.53. The smallest absolute Gasteiger partial charge is 0.306 e. The van der Waals surface area contributed by atoms with Gasteiger partial charge in [-0.25, -0.2) is 4.98 Å². The van der Waals surface area contributed by atoms with E-state index in [9.17, 15) is 43.2 Å². The number of carbonyl (C=O) groups excluding carboxylic acids is 8. The highest BCUT2D eigenvalue weighted by Crippen LogP contribution is 2.36. The molecule has 4 heterocycles. The molecule has 0 saturated heterocycles. The van der Waals surface area contributed by atoms with Gasteiger partial charge in [-0.15, -0.1) is 0 Å². The Kier molecular flexibility index (Phi) is 20.1. The van der Waals surface area contributed by atoms with Gasteiger partial charge in [0.25, 0.3) is 17.7 Å². The van der Waals surface area contributed by atoms with Crippen molar-refractivity contribution in [1.29, 1.82) is 0 Å². The number of unbranched alkanes of at least 4 members (excludes halogenated alkanes) is 2. The molecule has 1 aromatic heterocycles. The van der Waals surface area contributed by atoms with E-state index in [0.717, 1.165) is 21.6 Å². The lowest BCUT2D eigenvalue weighted by molar-refractivity contribution is -0.147. The van der Waals surface area contributed by atoms with Gasteiger partial charge >= 0.3 is 11.9 Å². The van der Waals surface area contributed by atoms with Crippen LogP contribution in [0.15, 0.2) is 54.6 Å². The third kappa shape index (κ3) is 16.0. The van der Waals surface area contributed by atoms with Gasteiger partial charge in [0.1, 0.15) is 18.7 Å². The second-order valence-corrected chi connectivity index (χ2v) is 18.7. The van der Waals surface area contributed by atoms with Gasteiger partial charge in [-0.3, -0.25) is 48.1 Å². The Balaban J connectivity index is 0.860. The minimum atomic E-state index is -1.03. The molecule has 2 aromatic carbocycles. The van der Waals surface area contributed by atoms with E-state index in [4.69, 9.17) is 28.8 Å². The van der Waals surface area contributed by atoms with Crippen LogP contribution < -0.4 is 34.9 Å². The van der Waals surface area contributed by atoms with Crippen LogP contribution in [0.25, 0.3) is 0 Å². The average Bonchev–Trinajstić information content (AvgIpc) is 4.10. The molecule has 7 amide bonds. The van der Waals surface area contributed by atoms with Crippen LogP contribution in [0, 0.1) is 5.92 Å². The minimum Gasteiger partial charge on any atom is -0.493 e. The summed E-state index contributed by atoms with van der Waals surface area (Å²) in [7, 11) is 3.02. The summed E-state index contributed by atoms with van der Waals surface area (Å²) in [5.41, 5.74) is 4.31. The lowest BCUT2D eigenvalue weighted by Gasteiger charge is -2.24. The van der Waals surface area contributed by atoms with Gasteiger partial charge in [0.2, 0.25) is 29.5 Å². The number of aliphatic carboxylic acids is 1. The second-order valence-electron chi connectivity index (χ2n) is 18.7. The molecule has 0 bridgehead atoms. The highest BCUT2D eigenvalue weighted by atomic mass is 16.5. The number of amides is 7. The normalized spacial score (nSPS) is 14.2. The molecular formula is C53H65N7O15. The van der Waals surface area contributed by atoms with Crippen LogP contribution in [0.1, 0.15) is 107 Å². The summed E-state index contributed by atoms with van der Waals surface area (Å²) in [4.78, 5) is 120.